The average Bonchev–Trinajstić information content (AvgIpc) is 3.93. The average molecular weight is 670 g/mol. The molecule has 2 amide bonds. The van der Waals surface area contributed by atoms with E-state index >= 15 is 0 Å². The fourth-order valence-electron chi connectivity index (χ4n) is 6.65. The van der Waals surface area contributed by atoms with Crippen molar-refractivity contribution in [1.29, 1.82) is 0 Å². The van der Waals surface area contributed by atoms with Gasteiger partial charge in [-0.25, -0.2) is 13.4 Å². The van der Waals surface area contributed by atoms with Crippen molar-refractivity contribution in [2.45, 2.75) is 102 Å². The highest BCUT2D eigenvalue weighted by atomic mass is 32.2. The summed E-state index contributed by atoms with van der Waals surface area (Å²) < 4.78 is 39.4. The molecule has 256 valence electrons. The molecule has 1 saturated heterocycles. The number of fused-ring (bicyclic) bond motifs is 3. The molecule has 2 saturated carbocycles. The number of rotatable bonds is 7. The van der Waals surface area contributed by atoms with E-state index in [4.69, 9.17) is 9.47 Å². The number of esters is 1. The number of ether oxygens (including phenoxy) is 2. The molecule has 2 bridgehead atoms. The first kappa shape index (κ1) is 34.8. The maximum Gasteiger partial charge on any atom is 0.306 e. The van der Waals surface area contributed by atoms with Gasteiger partial charge >= 0.3 is 5.97 Å². The number of carbonyl (C=O) groups excluding carboxylic acids is 4. The Balaban J connectivity index is 1.44. The van der Waals surface area contributed by atoms with Gasteiger partial charge in [0.15, 0.2) is 5.78 Å². The molecule has 1 aromatic rings. The minimum atomic E-state index is -3.82. The van der Waals surface area contributed by atoms with Crippen LogP contribution in [0.2, 0.25) is 0 Å². The van der Waals surface area contributed by atoms with Gasteiger partial charge in [-0.1, -0.05) is 39.0 Å². The lowest BCUT2D eigenvalue weighted by Gasteiger charge is -2.34. The third-order valence-electron chi connectivity index (χ3n) is 9.84. The Morgan fingerprint density at radius 3 is 2.64 bits per heavy atom. The van der Waals surface area contributed by atoms with Crippen LogP contribution in [-0.2, 0) is 33.9 Å². The van der Waals surface area contributed by atoms with Gasteiger partial charge in [-0.3, -0.25) is 23.9 Å². The Bertz CT molecular complexity index is 1530. The lowest BCUT2D eigenvalue weighted by molar-refractivity contribution is -0.153. The van der Waals surface area contributed by atoms with Crippen molar-refractivity contribution in [2.75, 3.05) is 13.2 Å². The molecule has 0 unspecified atom stereocenters. The van der Waals surface area contributed by atoms with Crippen molar-refractivity contribution in [3.05, 3.63) is 42.6 Å². The number of sulfonamides is 1. The first-order valence-electron chi connectivity index (χ1n) is 16.7. The summed E-state index contributed by atoms with van der Waals surface area (Å²) in [6, 6.07) is 2.76. The Morgan fingerprint density at radius 1 is 1.19 bits per heavy atom. The van der Waals surface area contributed by atoms with E-state index < -0.39 is 56.0 Å². The van der Waals surface area contributed by atoms with Gasteiger partial charge in [-0.05, 0) is 68.4 Å². The van der Waals surface area contributed by atoms with Crippen LogP contribution in [0.15, 0.2) is 37.1 Å². The first-order valence-corrected chi connectivity index (χ1v) is 18.3. The topological polar surface area (TPSA) is 149 Å². The highest BCUT2D eigenvalue weighted by molar-refractivity contribution is 7.90. The summed E-state index contributed by atoms with van der Waals surface area (Å²) in [7, 11) is -3.82. The molecular formula is C35H47N3O8S. The Kier molecular flexibility index (Phi) is 10.3. The van der Waals surface area contributed by atoms with E-state index in [9.17, 15) is 27.6 Å². The zero-order chi connectivity index (χ0) is 34.0. The summed E-state index contributed by atoms with van der Waals surface area (Å²) in [5.74, 6) is -2.67. The predicted octanol–water partition coefficient (Wildman–Crippen LogP) is 4.37. The van der Waals surface area contributed by atoms with E-state index in [0.717, 1.165) is 24.8 Å². The molecule has 11 nitrogen and oxygen atoms in total. The van der Waals surface area contributed by atoms with Crippen molar-refractivity contribution in [3.8, 4) is 5.88 Å². The number of allylic oxidation sites excluding steroid dienone is 2. The van der Waals surface area contributed by atoms with Crippen molar-refractivity contribution in [2.24, 2.45) is 22.7 Å². The molecule has 4 aliphatic rings. The van der Waals surface area contributed by atoms with Crippen LogP contribution in [0.25, 0.3) is 6.08 Å². The molecule has 1 aromatic heterocycles. The van der Waals surface area contributed by atoms with Crippen molar-refractivity contribution < 1.29 is 37.1 Å². The van der Waals surface area contributed by atoms with Crippen LogP contribution >= 0.6 is 0 Å². The van der Waals surface area contributed by atoms with E-state index in [1.807, 2.05) is 45.1 Å². The summed E-state index contributed by atoms with van der Waals surface area (Å²) in [4.78, 5) is 60.9. The zero-order valence-corrected chi connectivity index (χ0v) is 28.4. The zero-order valence-electron chi connectivity index (χ0n) is 27.6. The molecule has 5 atom stereocenters. The molecule has 3 fully saturated rings. The van der Waals surface area contributed by atoms with Crippen molar-refractivity contribution in [1.82, 2.24) is 14.6 Å². The second-order valence-corrected chi connectivity index (χ2v) is 16.5. The van der Waals surface area contributed by atoms with Crippen LogP contribution in [0.3, 0.4) is 0 Å². The van der Waals surface area contributed by atoms with Gasteiger partial charge in [-0.2, -0.15) is 0 Å². The number of hydrogen-bond donors (Lipinski definition) is 1. The molecule has 12 heteroatoms. The largest absolute Gasteiger partial charge is 0.472 e. The second kappa shape index (κ2) is 13.9. The molecule has 5 rings (SSSR count). The van der Waals surface area contributed by atoms with E-state index in [-0.39, 0.29) is 56.4 Å². The van der Waals surface area contributed by atoms with Gasteiger partial charge in [0.1, 0.15) is 6.10 Å². The van der Waals surface area contributed by atoms with Crippen LogP contribution < -0.4 is 9.46 Å². The molecule has 0 spiro atoms. The second-order valence-electron chi connectivity index (χ2n) is 14.5. The van der Waals surface area contributed by atoms with Crippen molar-refractivity contribution in [3.63, 3.8) is 0 Å². The molecular weight excluding hydrogens is 622 g/mol. The number of pyridine rings is 1. The van der Waals surface area contributed by atoms with Crippen molar-refractivity contribution >= 4 is 39.7 Å². The molecule has 3 heterocycles. The van der Waals surface area contributed by atoms with E-state index in [2.05, 4.69) is 16.3 Å². The van der Waals surface area contributed by atoms with Crippen LogP contribution in [0.1, 0.15) is 90.5 Å². The number of nitrogens with zero attached hydrogens (tertiary/aromatic N) is 2. The van der Waals surface area contributed by atoms with Crippen LogP contribution in [0.4, 0.5) is 0 Å². The third-order valence-corrected chi connectivity index (χ3v) is 11.7. The fraction of sp³-hybridized carbons (Fsp3) is 0.629. The smallest absolute Gasteiger partial charge is 0.306 e. The summed E-state index contributed by atoms with van der Waals surface area (Å²) in [6.45, 7) is 9.78. The van der Waals surface area contributed by atoms with Crippen LogP contribution in [0.5, 0.6) is 5.88 Å². The van der Waals surface area contributed by atoms with Crippen LogP contribution in [-0.4, -0.2) is 72.4 Å². The normalized spacial score (nSPS) is 29.7. The van der Waals surface area contributed by atoms with Gasteiger partial charge in [0.05, 0.1) is 42.2 Å². The first-order chi connectivity index (χ1) is 22.2. The van der Waals surface area contributed by atoms with Gasteiger partial charge < -0.3 is 14.4 Å². The number of nitrogens with one attached hydrogen (secondary N) is 1. The molecule has 2 aliphatic carbocycles. The van der Waals surface area contributed by atoms with Gasteiger partial charge in [-0.15, -0.1) is 6.58 Å². The van der Waals surface area contributed by atoms with Gasteiger partial charge in [0.2, 0.25) is 27.7 Å². The summed E-state index contributed by atoms with van der Waals surface area (Å²) in [5, 5.41) is -0.591. The molecule has 0 radical (unpaired) electrons. The minimum absolute atomic E-state index is 0.0801. The minimum Gasteiger partial charge on any atom is -0.472 e. The number of ketones is 1. The SMILES string of the molecule is C=C[C@@H]1C[C@]1(CC(=O)[C@@H]1C[C@@H]2CN1C(=O)[C@H](C(C)(C)C)CC(=O)OCCCCC/C=C/c1cccnc1O2)C(=O)NS(=O)(=O)C1CC1. The maximum atomic E-state index is 14.4. The van der Waals surface area contributed by atoms with E-state index in [0.29, 0.717) is 25.1 Å². The molecule has 1 N–H and O–H groups in total. The number of hydrogen-bond acceptors (Lipinski definition) is 9. The monoisotopic (exact) mass is 669 g/mol. The summed E-state index contributed by atoms with van der Waals surface area (Å²) in [6.07, 6.45) is 11.0. The summed E-state index contributed by atoms with van der Waals surface area (Å²) >= 11 is 0. The number of amides is 2. The van der Waals surface area contributed by atoms with Crippen LogP contribution in [0, 0.1) is 22.7 Å². The Hall–Kier alpha value is -3.54. The van der Waals surface area contributed by atoms with E-state index in [1.165, 1.54) is 4.90 Å². The Morgan fingerprint density at radius 2 is 1.96 bits per heavy atom. The van der Waals surface area contributed by atoms with Gasteiger partial charge in [0, 0.05) is 24.6 Å². The predicted molar refractivity (Wildman–Crippen MR) is 175 cm³/mol. The fourth-order valence-corrected chi connectivity index (χ4v) is 8.04. The lowest BCUT2D eigenvalue weighted by atomic mass is 9.77. The maximum absolute atomic E-state index is 14.4. The summed E-state index contributed by atoms with van der Waals surface area (Å²) in [5.41, 5.74) is -1.11. The number of carbonyl (C=O) groups is 4. The number of cyclic esters (lactones) is 1. The lowest BCUT2D eigenvalue weighted by Crippen LogP contribution is -2.48. The highest BCUT2D eigenvalue weighted by Crippen LogP contribution is 2.57. The van der Waals surface area contributed by atoms with E-state index in [1.54, 1.807) is 12.3 Å². The number of Topliss-reactive ketones (excluding diaryl/α,β-unsaturated/α-hetero) is 1. The number of aromatic nitrogens is 1. The standard InChI is InChI=1S/C35H47N3O8S/c1-5-24-20-35(24,33(42)37-47(43,44)26-14-15-26)21-29(39)28-18-25-22-38(28)32(41)27(34(2,3)4)19-30(40)45-17-10-8-6-7-9-12-23-13-11-16-36-31(23)46-25/h5,9,11-13,16,24-28H,1,6-8,10,14-15,17-22H2,2-4H3,(H,37,42)/b12-9+/t24-,25-,27-,28+,35-/m1/s1. The third kappa shape index (κ3) is 8.13. The Labute approximate surface area is 277 Å². The quantitative estimate of drug-likeness (QED) is 0.330. The molecule has 0 aromatic carbocycles. The molecule has 47 heavy (non-hydrogen) atoms. The molecule has 2 aliphatic heterocycles. The van der Waals surface area contributed by atoms with Gasteiger partial charge in [0.25, 0.3) is 0 Å². The highest BCUT2D eigenvalue weighted by Gasteiger charge is 2.61.